The molecule has 0 radical (unpaired) electrons. The van der Waals surface area contributed by atoms with Gasteiger partial charge in [0.15, 0.2) is 6.61 Å². The second kappa shape index (κ2) is 8.32. The van der Waals surface area contributed by atoms with Crippen molar-refractivity contribution in [3.63, 3.8) is 0 Å². The predicted octanol–water partition coefficient (Wildman–Crippen LogP) is 2.82. The lowest BCUT2D eigenvalue weighted by Crippen LogP contribution is -2.34. The number of sulfonamides is 1. The molecule has 2 aromatic carbocycles. The maximum Gasteiger partial charge on any atom is 0.258 e. The van der Waals surface area contributed by atoms with Crippen LogP contribution in [-0.2, 0) is 21.2 Å². The van der Waals surface area contributed by atoms with Gasteiger partial charge in [0, 0.05) is 14.1 Å². The van der Waals surface area contributed by atoms with E-state index in [2.05, 4.69) is 17.4 Å². The zero-order chi connectivity index (χ0) is 20.3. The van der Waals surface area contributed by atoms with Gasteiger partial charge in [-0.2, -0.15) is 0 Å². The maximum atomic E-state index is 12.4. The quantitative estimate of drug-likeness (QED) is 0.806. The van der Waals surface area contributed by atoms with Crippen LogP contribution in [0.25, 0.3) is 0 Å². The van der Waals surface area contributed by atoms with Crippen LogP contribution in [0.3, 0.4) is 0 Å². The molecule has 0 saturated carbocycles. The van der Waals surface area contributed by atoms with E-state index in [-0.39, 0.29) is 23.5 Å². The number of rotatable bonds is 6. The van der Waals surface area contributed by atoms with Crippen LogP contribution in [0.2, 0.25) is 0 Å². The minimum Gasteiger partial charge on any atom is -0.484 e. The molecule has 150 valence electrons. The van der Waals surface area contributed by atoms with Gasteiger partial charge in [-0.3, -0.25) is 4.79 Å². The summed E-state index contributed by atoms with van der Waals surface area (Å²) < 4.78 is 31.2. The molecule has 7 heteroatoms. The molecule has 6 nitrogen and oxygen atoms in total. The third-order valence-corrected chi connectivity index (χ3v) is 6.80. The first-order valence-electron chi connectivity index (χ1n) is 9.32. The third kappa shape index (κ3) is 4.36. The van der Waals surface area contributed by atoms with Crippen molar-refractivity contribution in [2.45, 2.75) is 37.1 Å². The van der Waals surface area contributed by atoms with Crippen molar-refractivity contribution >= 4 is 15.9 Å². The standard InChI is InChI=1S/C21H26N2O4S/c1-15-13-17(28(25,26)23(2)3)11-12-20(15)27-14-21(24)22-19-10-6-8-16-7-4-5-9-18(16)19/h4-5,7,9,11-13,19H,6,8,10,14H2,1-3H3,(H,22,24)/t19-/m1/s1. The number of hydrogen-bond acceptors (Lipinski definition) is 4. The predicted molar refractivity (Wildman–Crippen MR) is 108 cm³/mol. The molecular formula is C21H26N2O4S. The van der Waals surface area contributed by atoms with Crippen molar-refractivity contribution in [1.82, 2.24) is 9.62 Å². The Morgan fingerprint density at radius 3 is 2.68 bits per heavy atom. The van der Waals surface area contributed by atoms with Crippen LogP contribution in [0.4, 0.5) is 0 Å². The summed E-state index contributed by atoms with van der Waals surface area (Å²) in [6.45, 7) is 1.65. The van der Waals surface area contributed by atoms with E-state index in [1.54, 1.807) is 19.1 Å². The fourth-order valence-corrected chi connectivity index (χ4v) is 4.43. The monoisotopic (exact) mass is 402 g/mol. The second-order valence-corrected chi connectivity index (χ2v) is 9.37. The number of aryl methyl sites for hydroxylation is 2. The van der Waals surface area contributed by atoms with Gasteiger partial charge in [0.25, 0.3) is 5.91 Å². The Morgan fingerprint density at radius 2 is 1.96 bits per heavy atom. The summed E-state index contributed by atoms with van der Waals surface area (Å²) in [6, 6.07) is 12.8. The summed E-state index contributed by atoms with van der Waals surface area (Å²) >= 11 is 0. The number of nitrogens with one attached hydrogen (secondary N) is 1. The molecule has 0 aromatic heterocycles. The highest BCUT2D eigenvalue weighted by Crippen LogP contribution is 2.29. The van der Waals surface area contributed by atoms with E-state index in [9.17, 15) is 13.2 Å². The lowest BCUT2D eigenvalue weighted by atomic mass is 9.88. The molecule has 0 fully saturated rings. The van der Waals surface area contributed by atoms with Crippen molar-refractivity contribution < 1.29 is 17.9 Å². The molecular weight excluding hydrogens is 376 g/mol. The zero-order valence-electron chi connectivity index (χ0n) is 16.4. The lowest BCUT2D eigenvalue weighted by Gasteiger charge is -2.26. The molecule has 1 amide bonds. The van der Waals surface area contributed by atoms with E-state index < -0.39 is 10.0 Å². The minimum atomic E-state index is -3.50. The van der Waals surface area contributed by atoms with Crippen LogP contribution in [0, 0.1) is 6.92 Å². The molecule has 3 rings (SSSR count). The number of hydrogen-bond donors (Lipinski definition) is 1. The smallest absolute Gasteiger partial charge is 0.258 e. The van der Waals surface area contributed by atoms with Crippen LogP contribution in [0.5, 0.6) is 5.75 Å². The van der Waals surface area contributed by atoms with Gasteiger partial charge in [0.2, 0.25) is 10.0 Å². The van der Waals surface area contributed by atoms with Crippen molar-refractivity contribution in [3.8, 4) is 5.75 Å². The Morgan fingerprint density at radius 1 is 1.21 bits per heavy atom. The summed E-state index contributed by atoms with van der Waals surface area (Å²) in [6.07, 6.45) is 3.00. The fourth-order valence-electron chi connectivity index (χ4n) is 3.44. The average Bonchev–Trinajstić information content (AvgIpc) is 2.67. The third-order valence-electron chi connectivity index (χ3n) is 4.99. The first-order valence-corrected chi connectivity index (χ1v) is 10.8. The first kappa shape index (κ1) is 20.4. The van der Waals surface area contributed by atoms with Gasteiger partial charge in [-0.1, -0.05) is 24.3 Å². The topological polar surface area (TPSA) is 75.7 Å². The number of benzene rings is 2. The first-order chi connectivity index (χ1) is 13.3. The zero-order valence-corrected chi connectivity index (χ0v) is 17.3. The number of carbonyl (C=O) groups excluding carboxylic acids is 1. The Kier molecular flexibility index (Phi) is 6.05. The molecule has 0 heterocycles. The number of amides is 1. The van der Waals surface area contributed by atoms with Crippen LogP contribution in [-0.4, -0.2) is 39.3 Å². The fraction of sp³-hybridized carbons (Fsp3) is 0.381. The average molecular weight is 403 g/mol. The largest absolute Gasteiger partial charge is 0.484 e. The molecule has 0 aliphatic heterocycles. The van der Waals surface area contributed by atoms with Gasteiger partial charge in [0.1, 0.15) is 5.75 Å². The molecule has 28 heavy (non-hydrogen) atoms. The Balaban J connectivity index is 1.63. The van der Waals surface area contributed by atoms with Gasteiger partial charge < -0.3 is 10.1 Å². The van der Waals surface area contributed by atoms with Crippen molar-refractivity contribution in [2.24, 2.45) is 0 Å². The minimum absolute atomic E-state index is 0.00903. The molecule has 1 atom stereocenters. The highest BCUT2D eigenvalue weighted by Gasteiger charge is 2.22. The van der Waals surface area contributed by atoms with Gasteiger partial charge in [-0.05, 0) is 61.1 Å². The molecule has 0 spiro atoms. The number of fused-ring (bicyclic) bond motifs is 1. The summed E-state index contributed by atoms with van der Waals surface area (Å²) in [7, 11) is -0.519. The normalized spacial score (nSPS) is 16.5. The van der Waals surface area contributed by atoms with E-state index in [0.717, 1.165) is 23.6 Å². The summed E-state index contributed by atoms with van der Waals surface area (Å²) in [5.41, 5.74) is 3.13. The van der Waals surface area contributed by atoms with Crippen molar-refractivity contribution in [2.75, 3.05) is 20.7 Å². The van der Waals surface area contributed by atoms with E-state index in [0.29, 0.717) is 11.3 Å². The molecule has 0 unspecified atom stereocenters. The van der Waals surface area contributed by atoms with Gasteiger partial charge in [0.05, 0.1) is 10.9 Å². The van der Waals surface area contributed by atoms with E-state index in [1.165, 1.54) is 31.3 Å². The van der Waals surface area contributed by atoms with Crippen LogP contribution in [0.15, 0.2) is 47.4 Å². The highest BCUT2D eigenvalue weighted by molar-refractivity contribution is 7.89. The van der Waals surface area contributed by atoms with E-state index >= 15 is 0 Å². The Labute approximate surface area is 166 Å². The lowest BCUT2D eigenvalue weighted by molar-refractivity contribution is -0.124. The molecule has 2 aromatic rings. The van der Waals surface area contributed by atoms with Crippen molar-refractivity contribution in [3.05, 3.63) is 59.2 Å². The number of ether oxygens (including phenoxy) is 1. The highest BCUT2D eigenvalue weighted by atomic mass is 32.2. The van der Waals surface area contributed by atoms with Crippen LogP contribution >= 0.6 is 0 Å². The maximum absolute atomic E-state index is 12.4. The van der Waals surface area contributed by atoms with Gasteiger partial charge in [-0.25, -0.2) is 12.7 Å². The van der Waals surface area contributed by atoms with Crippen LogP contribution < -0.4 is 10.1 Å². The van der Waals surface area contributed by atoms with Crippen LogP contribution in [0.1, 0.15) is 35.6 Å². The van der Waals surface area contributed by atoms with E-state index in [4.69, 9.17) is 4.74 Å². The summed E-state index contributed by atoms with van der Waals surface area (Å²) in [4.78, 5) is 12.6. The van der Waals surface area contributed by atoms with E-state index in [1.807, 2.05) is 12.1 Å². The summed E-state index contributed by atoms with van der Waals surface area (Å²) in [5.74, 6) is 0.308. The number of nitrogens with zero attached hydrogens (tertiary/aromatic N) is 1. The summed E-state index contributed by atoms with van der Waals surface area (Å²) in [5, 5.41) is 3.05. The SMILES string of the molecule is Cc1cc(S(=O)(=O)N(C)C)ccc1OCC(=O)N[C@@H]1CCCc2ccccc21. The Bertz CT molecular complexity index is 970. The molecule has 1 aliphatic carbocycles. The number of carbonyl (C=O) groups is 1. The molecule has 1 aliphatic rings. The Hall–Kier alpha value is -2.38. The second-order valence-electron chi connectivity index (χ2n) is 7.21. The van der Waals surface area contributed by atoms with Gasteiger partial charge in [-0.15, -0.1) is 0 Å². The van der Waals surface area contributed by atoms with Crippen molar-refractivity contribution in [1.29, 1.82) is 0 Å². The van der Waals surface area contributed by atoms with Gasteiger partial charge >= 0.3 is 0 Å². The molecule has 0 bridgehead atoms. The molecule has 0 saturated heterocycles. The molecule has 1 N–H and O–H groups in total.